The molecule has 0 radical (unpaired) electrons. The van der Waals surface area contributed by atoms with Crippen molar-refractivity contribution >= 4 is 5.91 Å². The van der Waals surface area contributed by atoms with E-state index in [2.05, 4.69) is 42.6 Å². The number of amides is 1. The number of carbonyl (C=O) groups is 1. The topological polar surface area (TPSA) is 52.9 Å². The van der Waals surface area contributed by atoms with Crippen molar-refractivity contribution in [3.63, 3.8) is 0 Å². The Morgan fingerprint density at radius 1 is 1.09 bits per heavy atom. The summed E-state index contributed by atoms with van der Waals surface area (Å²) in [5, 5.41) is 11.7. The van der Waals surface area contributed by atoms with Crippen molar-refractivity contribution in [1.82, 2.24) is 5.32 Å². The second-order valence-corrected chi connectivity index (χ2v) is 5.26. The van der Waals surface area contributed by atoms with Crippen LogP contribution in [0.4, 0.5) is 0 Å². The Hall–Kier alpha value is -2.60. The normalized spacial score (nSPS) is 10.0. The summed E-state index contributed by atoms with van der Waals surface area (Å²) in [6.07, 6.45) is 2.25. The standard InChI is InChI=1S/C19H20N2O/c1-2-15-6-8-16(9-7-15)10-11-19(22)21-14-18-5-3-4-17(12-18)13-20/h3-9,12H,2,10-11,14H2,1H3,(H,21,22). The Labute approximate surface area is 131 Å². The fourth-order valence-corrected chi connectivity index (χ4v) is 2.24. The van der Waals surface area contributed by atoms with E-state index in [-0.39, 0.29) is 5.91 Å². The summed E-state index contributed by atoms with van der Waals surface area (Å²) in [4.78, 5) is 11.9. The van der Waals surface area contributed by atoms with Crippen LogP contribution >= 0.6 is 0 Å². The van der Waals surface area contributed by atoms with Crippen LogP contribution in [-0.4, -0.2) is 5.91 Å². The fourth-order valence-electron chi connectivity index (χ4n) is 2.24. The Kier molecular flexibility index (Phi) is 5.73. The zero-order chi connectivity index (χ0) is 15.8. The lowest BCUT2D eigenvalue weighted by atomic mass is 10.1. The monoisotopic (exact) mass is 292 g/mol. The van der Waals surface area contributed by atoms with Crippen LogP contribution in [0, 0.1) is 11.3 Å². The first-order chi connectivity index (χ1) is 10.7. The molecule has 0 spiro atoms. The van der Waals surface area contributed by atoms with Crippen molar-refractivity contribution < 1.29 is 4.79 Å². The molecule has 112 valence electrons. The predicted molar refractivity (Wildman–Crippen MR) is 87.1 cm³/mol. The van der Waals surface area contributed by atoms with Gasteiger partial charge in [0.2, 0.25) is 5.91 Å². The lowest BCUT2D eigenvalue weighted by Crippen LogP contribution is -2.23. The van der Waals surface area contributed by atoms with Crippen LogP contribution in [0.5, 0.6) is 0 Å². The van der Waals surface area contributed by atoms with E-state index in [0.29, 0.717) is 18.5 Å². The maximum atomic E-state index is 11.9. The molecule has 0 saturated carbocycles. The molecular formula is C19H20N2O. The van der Waals surface area contributed by atoms with Crippen LogP contribution in [0.3, 0.4) is 0 Å². The van der Waals surface area contributed by atoms with Crippen molar-refractivity contribution in [1.29, 1.82) is 5.26 Å². The lowest BCUT2D eigenvalue weighted by Gasteiger charge is -2.06. The molecule has 0 fully saturated rings. The summed E-state index contributed by atoms with van der Waals surface area (Å²) in [6, 6.07) is 17.8. The number of hydrogen-bond acceptors (Lipinski definition) is 2. The zero-order valence-electron chi connectivity index (χ0n) is 12.8. The van der Waals surface area contributed by atoms with Gasteiger partial charge in [0.15, 0.2) is 0 Å². The minimum absolute atomic E-state index is 0.0296. The lowest BCUT2D eigenvalue weighted by molar-refractivity contribution is -0.121. The third kappa shape index (κ3) is 4.75. The highest BCUT2D eigenvalue weighted by Crippen LogP contribution is 2.08. The Morgan fingerprint density at radius 2 is 1.82 bits per heavy atom. The van der Waals surface area contributed by atoms with Gasteiger partial charge in [0, 0.05) is 13.0 Å². The average Bonchev–Trinajstić information content (AvgIpc) is 2.58. The second kappa shape index (κ2) is 7.99. The van der Waals surface area contributed by atoms with E-state index in [4.69, 9.17) is 5.26 Å². The first kappa shape index (κ1) is 15.8. The molecule has 0 atom stereocenters. The van der Waals surface area contributed by atoms with Crippen LogP contribution < -0.4 is 5.32 Å². The summed E-state index contributed by atoms with van der Waals surface area (Å²) in [5.41, 5.74) is 4.05. The number of aryl methyl sites for hydroxylation is 2. The molecule has 0 unspecified atom stereocenters. The molecule has 0 saturated heterocycles. The molecule has 0 aliphatic heterocycles. The van der Waals surface area contributed by atoms with Gasteiger partial charge >= 0.3 is 0 Å². The molecule has 3 nitrogen and oxygen atoms in total. The molecule has 1 amide bonds. The van der Waals surface area contributed by atoms with Gasteiger partial charge in [-0.3, -0.25) is 4.79 Å². The van der Waals surface area contributed by atoms with E-state index >= 15 is 0 Å². The van der Waals surface area contributed by atoms with Crippen LogP contribution in [0.1, 0.15) is 35.6 Å². The smallest absolute Gasteiger partial charge is 0.220 e. The van der Waals surface area contributed by atoms with Gasteiger partial charge in [-0.25, -0.2) is 0 Å². The summed E-state index contributed by atoms with van der Waals surface area (Å²) < 4.78 is 0. The van der Waals surface area contributed by atoms with Crippen molar-refractivity contribution in [2.75, 3.05) is 0 Å². The highest BCUT2D eigenvalue weighted by atomic mass is 16.1. The number of nitrogens with one attached hydrogen (secondary N) is 1. The number of nitrogens with zero attached hydrogens (tertiary/aromatic N) is 1. The Bertz CT molecular complexity index is 669. The molecule has 1 N–H and O–H groups in total. The molecule has 0 aromatic heterocycles. The van der Waals surface area contributed by atoms with Crippen LogP contribution in [-0.2, 0) is 24.2 Å². The third-order valence-electron chi connectivity index (χ3n) is 3.62. The minimum atomic E-state index is 0.0296. The van der Waals surface area contributed by atoms with Crippen molar-refractivity contribution in [2.24, 2.45) is 0 Å². The molecule has 2 rings (SSSR count). The zero-order valence-corrected chi connectivity index (χ0v) is 12.8. The van der Waals surface area contributed by atoms with Crippen molar-refractivity contribution in [2.45, 2.75) is 32.7 Å². The average molecular weight is 292 g/mol. The maximum Gasteiger partial charge on any atom is 0.220 e. The van der Waals surface area contributed by atoms with E-state index in [1.165, 1.54) is 11.1 Å². The molecule has 0 aliphatic carbocycles. The van der Waals surface area contributed by atoms with Gasteiger partial charge in [0.1, 0.15) is 0 Å². The number of hydrogen-bond donors (Lipinski definition) is 1. The summed E-state index contributed by atoms with van der Waals surface area (Å²) in [5.74, 6) is 0.0296. The number of carbonyl (C=O) groups excluding carboxylic acids is 1. The Morgan fingerprint density at radius 3 is 2.50 bits per heavy atom. The molecule has 0 aliphatic rings. The van der Waals surface area contributed by atoms with Gasteiger partial charge in [-0.05, 0) is 41.7 Å². The van der Waals surface area contributed by atoms with Gasteiger partial charge in [0.25, 0.3) is 0 Å². The van der Waals surface area contributed by atoms with Gasteiger partial charge in [0.05, 0.1) is 11.6 Å². The molecule has 3 heteroatoms. The quantitative estimate of drug-likeness (QED) is 0.887. The van der Waals surface area contributed by atoms with E-state index < -0.39 is 0 Å². The molecule has 2 aromatic carbocycles. The summed E-state index contributed by atoms with van der Waals surface area (Å²) >= 11 is 0. The van der Waals surface area contributed by atoms with E-state index in [1.54, 1.807) is 12.1 Å². The summed E-state index contributed by atoms with van der Waals surface area (Å²) in [6.45, 7) is 2.59. The summed E-state index contributed by atoms with van der Waals surface area (Å²) in [7, 11) is 0. The van der Waals surface area contributed by atoms with Crippen molar-refractivity contribution in [3.8, 4) is 6.07 Å². The third-order valence-corrected chi connectivity index (χ3v) is 3.62. The first-order valence-corrected chi connectivity index (χ1v) is 7.55. The van der Waals surface area contributed by atoms with Gasteiger partial charge < -0.3 is 5.32 Å². The highest BCUT2D eigenvalue weighted by Gasteiger charge is 2.03. The Balaban J connectivity index is 1.79. The molecule has 2 aromatic rings. The predicted octanol–water partition coefficient (Wildman–Crippen LogP) is 3.37. The van der Waals surface area contributed by atoms with Gasteiger partial charge in [-0.1, -0.05) is 43.3 Å². The largest absolute Gasteiger partial charge is 0.352 e. The van der Waals surface area contributed by atoms with E-state index in [1.807, 2.05) is 12.1 Å². The maximum absolute atomic E-state index is 11.9. The molecule has 0 bridgehead atoms. The molecular weight excluding hydrogens is 272 g/mol. The molecule has 0 heterocycles. The fraction of sp³-hybridized carbons (Fsp3) is 0.263. The minimum Gasteiger partial charge on any atom is -0.352 e. The number of benzene rings is 2. The highest BCUT2D eigenvalue weighted by molar-refractivity contribution is 5.76. The van der Waals surface area contributed by atoms with Gasteiger partial charge in [-0.15, -0.1) is 0 Å². The SMILES string of the molecule is CCc1ccc(CCC(=O)NCc2cccc(C#N)c2)cc1. The van der Waals surface area contributed by atoms with Crippen LogP contribution in [0.2, 0.25) is 0 Å². The van der Waals surface area contributed by atoms with Crippen LogP contribution in [0.25, 0.3) is 0 Å². The first-order valence-electron chi connectivity index (χ1n) is 7.55. The number of nitriles is 1. The molecule has 22 heavy (non-hydrogen) atoms. The second-order valence-electron chi connectivity index (χ2n) is 5.26. The van der Waals surface area contributed by atoms with Crippen LogP contribution in [0.15, 0.2) is 48.5 Å². The van der Waals surface area contributed by atoms with Crippen molar-refractivity contribution in [3.05, 3.63) is 70.8 Å². The van der Waals surface area contributed by atoms with E-state index in [9.17, 15) is 4.79 Å². The van der Waals surface area contributed by atoms with E-state index in [0.717, 1.165) is 18.4 Å². The number of rotatable bonds is 6. The van der Waals surface area contributed by atoms with Gasteiger partial charge in [-0.2, -0.15) is 5.26 Å².